The lowest BCUT2D eigenvalue weighted by Gasteiger charge is -2.07. The molecule has 2 aromatic carbocycles. The van der Waals surface area contributed by atoms with Crippen molar-refractivity contribution in [1.29, 1.82) is 0 Å². The van der Waals surface area contributed by atoms with Crippen LogP contribution in [0.3, 0.4) is 0 Å². The Hall–Kier alpha value is -1.81. The van der Waals surface area contributed by atoms with Crippen LogP contribution in [0.1, 0.15) is 15.9 Å². The van der Waals surface area contributed by atoms with Crippen molar-refractivity contribution in [2.75, 3.05) is 12.3 Å². The van der Waals surface area contributed by atoms with Crippen molar-refractivity contribution in [3.05, 3.63) is 64.1 Å². The predicted molar refractivity (Wildman–Crippen MR) is 81.0 cm³/mol. The molecule has 0 spiro atoms. The van der Waals surface area contributed by atoms with Gasteiger partial charge in [0.25, 0.3) is 5.91 Å². The maximum Gasteiger partial charge on any atom is 0.252 e. The van der Waals surface area contributed by atoms with Crippen LogP contribution in [0.2, 0.25) is 0 Å². The number of nitrogen functional groups attached to an aromatic ring is 1. The molecule has 0 bridgehead atoms. The number of benzene rings is 2. The average molecular weight is 319 g/mol. The van der Waals surface area contributed by atoms with Gasteiger partial charge in [0.1, 0.15) is 0 Å². The van der Waals surface area contributed by atoms with E-state index in [1.54, 1.807) is 18.2 Å². The molecule has 0 aromatic heterocycles. The first-order valence-electron chi connectivity index (χ1n) is 6.04. The van der Waals surface area contributed by atoms with E-state index in [-0.39, 0.29) is 5.91 Å². The van der Waals surface area contributed by atoms with Crippen molar-refractivity contribution in [2.45, 2.75) is 6.42 Å². The normalized spacial score (nSPS) is 10.2. The Bertz CT molecular complexity index is 570. The molecular formula is C15H15BrN2O. The number of carbonyl (C=O) groups is 1. The molecule has 0 saturated carbocycles. The van der Waals surface area contributed by atoms with Crippen LogP contribution < -0.4 is 11.1 Å². The number of carbonyl (C=O) groups excluding carboxylic acids is 1. The van der Waals surface area contributed by atoms with E-state index in [1.807, 2.05) is 30.3 Å². The molecule has 19 heavy (non-hydrogen) atoms. The number of amides is 1. The van der Waals surface area contributed by atoms with Crippen molar-refractivity contribution in [3.8, 4) is 0 Å². The summed E-state index contributed by atoms with van der Waals surface area (Å²) in [5.41, 5.74) is 8.03. The Labute approximate surface area is 121 Å². The number of halogens is 1. The van der Waals surface area contributed by atoms with Crippen LogP contribution in [0.25, 0.3) is 0 Å². The van der Waals surface area contributed by atoms with Crippen molar-refractivity contribution >= 4 is 27.5 Å². The molecule has 2 aromatic rings. The molecular weight excluding hydrogens is 304 g/mol. The van der Waals surface area contributed by atoms with E-state index in [0.29, 0.717) is 17.8 Å². The van der Waals surface area contributed by atoms with Gasteiger partial charge in [0, 0.05) is 16.7 Å². The largest absolute Gasteiger partial charge is 0.399 e. The Kier molecular flexibility index (Phi) is 4.58. The Morgan fingerprint density at radius 2 is 1.89 bits per heavy atom. The third kappa shape index (κ3) is 3.83. The van der Waals surface area contributed by atoms with E-state index in [1.165, 1.54) is 5.56 Å². The van der Waals surface area contributed by atoms with Gasteiger partial charge >= 0.3 is 0 Å². The number of hydrogen-bond acceptors (Lipinski definition) is 2. The third-order valence-electron chi connectivity index (χ3n) is 2.78. The predicted octanol–water partition coefficient (Wildman–Crippen LogP) is 3.00. The SMILES string of the molecule is Nc1ccc(Br)c(C(=O)NCCc2ccccc2)c1. The lowest BCUT2D eigenvalue weighted by atomic mass is 10.1. The molecule has 0 aliphatic rings. The van der Waals surface area contributed by atoms with Gasteiger partial charge in [-0.1, -0.05) is 30.3 Å². The molecule has 0 atom stereocenters. The Morgan fingerprint density at radius 3 is 2.63 bits per heavy atom. The highest BCUT2D eigenvalue weighted by atomic mass is 79.9. The van der Waals surface area contributed by atoms with Crippen LogP contribution in [-0.2, 0) is 6.42 Å². The quantitative estimate of drug-likeness (QED) is 0.851. The zero-order valence-electron chi connectivity index (χ0n) is 10.4. The summed E-state index contributed by atoms with van der Waals surface area (Å²) in [5, 5.41) is 2.89. The second-order valence-electron chi connectivity index (χ2n) is 4.23. The highest BCUT2D eigenvalue weighted by Crippen LogP contribution is 2.19. The summed E-state index contributed by atoms with van der Waals surface area (Å²) in [6.07, 6.45) is 0.812. The standard InChI is InChI=1S/C15H15BrN2O/c16-14-7-6-12(17)10-13(14)15(19)18-9-8-11-4-2-1-3-5-11/h1-7,10H,8-9,17H2,(H,18,19). The van der Waals surface area contributed by atoms with E-state index in [9.17, 15) is 4.79 Å². The van der Waals surface area contributed by atoms with E-state index in [0.717, 1.165) is 10.9 Å². The number of nitrogens with two attached hydrogens (primary N) is 1. The maximum atomic E-state index is 12.0. The minimum Gasteiger partial charge on any atom is -0.399 e. The molecule has 1 amide bonds. The summed E-state index contributed by atoms with van der Waals surface area (Å²) in [6.45, 7) is 0.601. The van der Waals surface area contributed by atoms with Gasteiger partial charge in [0.2, 0.25) is 0 Å². The zero-order valence-corrected chi connectivity index (χ0v) is 12.0. The van der Waals surface area contributed by atoms with Crippen LogP contribution in [0.15, 0.2) is 53.0 Å². The van der Waals surface area contributed by atoms with Crippen molar-refractivity contribution in [3.63, 3.8) is 0 Å². The van der Waals surface area contributed by atoms with Gasteiger partial charge in [-0.2, -0.15) is 0 Å². The third-order valence-corrected chi connectivity index (χ3v) is 3.47. The Balaban J connectivity index is 1.93. The van der Waals surface area contributed by atoms with E-state index >= 15 is 0 Å². The second kappa shape index (κ2) is 6.38. The summed E-state index contributed by atoms with van der Waals surface area (Å²) in [5.74, 6) is -0.116. The lowest BCUT2D eigenvalue weighted by molar-refractivity contribution is 0.0953. The molecule has 4 heteroatoms. The van der Waals surface area contributed by atoms with Crippen LogP contribution in [0, 0.1) is 0 Å². The van der Waals surface area contributed by atoms with Crippen LogP contribution in [0.5, 0.6) is 0 Å². The number of anilines is 1. The van der Waals surface area contributed by atoms with Crippen molar-refractivity contribution in [1.82, 2.24) is 5.32 Å². The minimum absolute atomic E-state index is 0.116. The molecule has 0 fully saturated rings. The topological polar surface area (TPSA) is 55.1 Å². The highest BCUT2D eigenvalue weighted by molar-refractivity contribution is 9.10. The molecule has 98 valence electrons. The van der Waals surface area contributed by atoms with Gasteiger partial charge in [0.15, 0.2) is 0 Å². The van der Waals surface area contributed by atoms with Gasteiger partial charge in [-0.3, -0.25) is 4.79 Å². The fraction of sp³-hybridized carbons (Fsp3) is 0.133. The monoisotopic (exact) mass is 318 g/mol. The van der Waals surface area contributed by atoms with Gasteiger partial charge in [-0.05, 0) is 46.1 Å². The fourth-order valence-corrected chi connectivity index (χ4v) is 2.20. The number of rotatable bonds is 4. The lowest BCUT2D eigenvalue weighted by Crippen LogP contribution is -2.26. The van der Waals surface area contributed by atoms with E-state index < -0.39 is 0 Å². The number of nitrogens with one attached hydrogen (secondary N) is 1. The summed E-state index contributed by atoms with van der Waals surface area (Å²) < 4.78 is 0.749. The summed E-state index contributed by atoms with van der Waals surface area (Å²) >= 11 is 3.35. The molecule has 0 aliphatic heterocycles. The average Bonchev–Trinajstić information content (AvgIpc) is 2.42. The highest BCUT2D eigenvalue weighted by Gasteiger charge is 2.09. The molecule has 0 radical (unpaired) electrons. The molecule has 2 rings (SSSR count). The van der Waals surface area contributed by atoms with Crippen LogP contribution in [0.4, 0.5) is 5.69 Å². The molecule has 0 saturated heterocycles. The summed E-state index contributed by atoms with van der Waals surface area (Å²) in [7, 11) is 0. The van der Waals surface area contributed by atoms with Crippen molar-refractivity contribution < 1.29 is 4.79 Å². The van der Waals surface area contributed by atoms with Gasteiger partial charge in [0.05, 0.1) is 5.56 Å². The smallest absolute Gasteiger partial charge is 0.252 e. The minimum atomic E-state index is -0.116. The van der Waals surface area contributed by atoms with Gasteiger partial charge in [-0.25, -0.2) is 0 Å². The first-order valence-corrected chi connectivity index (χ1v) is 6.83. The van der Waals surface area contributed by atoms with Gasteiger partial charge in [-0.15, -0.1) is 0 Å². The first-order chi connectivity index (χ1) is 9.16. The van der Waals surface area contributed by atoms with E-state index in [4.69, 9.17) is 5.73 Å². The number of hydrogen-bond donors (Lipinski definition) is 2. The Morgan fingerprint density at radius 1 is 1.16 bits per heavy atom. The summed E-state index contributed by atoms with van der Waals surface area (Å²) in [6, 6.07) is 15.3. The van der Waals surface area contributed by atoms with Crippen LogP contribution >= 0.6 is 15.9 Å². The molecule has 0 aliphatic carbocycles. The molecule has 3 N–H and O–H groups in total. The van der Waals surface area contributed by atoms with Crippen LogP contribution in [-0.4, -0.2) is 12.5 Å². The van der Waals surface area contributed by atoms with E-state index in [2.05, 4.69) is 21.2 Å². The second-order valence-corrected chi connectivity index (χ2v) is 5.09. The summed E-state index contributed by atoms with van der Waals surface area (Å²) in [4.78, 5) is 12.0. The maximum absolute atomic E-state index is 12.0. The van der Waals surface area contributed by atoms with Gasteiger partial charge < -0.3 is 11.1 Å². The first kappa shape index (κ1) is 13.6. The molecule has 0 unspecified atom stereocenters. The van der Waals surface area contributed by atoms with Crippen molar-refractivity contribution in [2.24, 2.45) is 0 Å². The molecule has 3 nitrogen and oxygen atoms in total. The zero-order chi connectivity index (χ0) is 13.7. The fourth-order valence-electron chi connectivity index (χ4n) is 1.78. The molecule has 0 heterocycles.